The lowest BCUT2D eigenvalue weighted by molar-refractivity contribution is 0.197. The lowest BCUT2D eigenvalue weighted by Crippen LogP contribution is -2.13. The highest BCUT2D eigenvalue weighted by molar-refractivity contribution is 5.45. The molecule has 0 saturated heterocycles. The molecule has 0 heterocycles. The number of nitrogens with zero attached hydrogens (tertiary/aromatic N) is 1. The molecule has 1 rings (SSSR count). The summed E-state index contributed by atoms with van der Waals surface area (Å²) in [6.45, 7) is 3.44. The highest BCUT2D eigenvalue weighted by Gasteiger charge is 2.29. The molecule has 0 radical (unpaired) electrons. The van der Waals surface area contributed by atoms with Crippen molar-refractivity contribution in [3.05, 3.63) is 23.8 Å². The summed E-state index contributed by atoms with van der Waals surface area (Å²) in [5, 5.41) is 0. The molecule has 0 fully saturated rings. The number of benzene rings is 1. The Morgan fingerprint density at radius 2 is 2.24 bits per heavy atom. The summed E-state index contributed by atoms with van der Waals surface area (Å²) < 4.78 is 24.4. The van der Waals surface area contributed by atoms with Gasteiger partial charge in [0.25, 0.3) is 0 Å². The van der Waals surface area contributed by atoms with Crippen LogP contribution >= 0.6 is 0 Å². The lowest BCUT2D eigenvalue weighted by atomic mass is 10.1. The van der Waals surface area contributed by atoms with E-state index < -0.39 is 5.79 Å². The van der Waals surface area contributed by atoms with Crippen molar-refractivity contribution in [2.45, 2.75) is 19.6 Å². The Balaban J connectivity index is 3.27. The summed E-state index contributed by atoms with van der Waals surface area (Å²) in [5.41, 5.74) is 0.134. The smallest absolute Gasteiger partial charge is 0.238 e. The van der Waals surface area contributed by atoms with Crippen LogP contribution in [-0.4, -0.2) is 19.8 Å². The standard InChI is InChI=1S/C12H14FNO3/c1-4-17-9-5-6-11(16-3)10(7-9)12(2,13)14-8-15/h5-7H,4H2,1-3H3. The minimum atomic E-state index is -2.18. The largest absolute Gasteiger partial charge is 0.496 e. The fourth-order valence-corrected chi connectivity index (χ4v) is 1.45. The van der Waals surface area contributed by atoms with E-state index in [1.165, 1.54) is 19.3 Å². The molecule has 0 aliphatic heterocycles. The molecule has 0 aromatic heterocycles. The van der Waals surface area contributed by atoms with Crippen LogP contribution in [0.1, 0.15) is 19.4 Å². The summed E-state index contributed by atoms with van der Waals surface area (Å²) >= 11 is 0. The van der Waals surface area contributed by atoms with Gasteiger partial charge >= 0.3 is 0 Å². The van der Waals surface area contributed by atoms with Gasteiger partial charge in [-0.05, 0) is 32.0 Å². The van der Waals surface area contributed by atoms with E-state index in [1.807, 2.05) is 6.92 Å². The molecule has 0 aliphatic rings. The maximum Gasteiger partial charge on any atom is 0.238 e. The van der Waals surface area contributed by atoms with Crippen LogP contribution < -0.4 is 9.47 Å². The molecule has 0 amide bonds. The van der Waals surface area contributed by atoms with Gasteiger partial charge in [-0.2, -0.15) is 4.99 Å². The normalized spacial score (nSPS) is 13.4. The van der Waals surface area contributed by atoms with E-state index in [4.69, 9.17) is 9.47 Å². The predicted octanol–water partition coefficient (Wildman–Crippen LogP) is 2.57. The first-order valence-corrected chi connectivity index (χ1v) is 5.14. The van der Waals surface area contributed by atoms with Gasteiger partial charge in [0, 0.05) is 0 Å². The van der Waals surface area contributed by atoms with Crippen LogP contribution in [0.15, 0.2) is 23.2 Å². The van der Waals surface area contributed by atoms with Crippen LogP contribution in [0.5, 0.6) is 11.5 Å². The molecule has 1 aromatic carbocycles. The van der Waals surface area contributed by atoms with Gasteiger partial charge in [0.05, 0.1) is 19.3 Å². The Labute approximate surface area is 99.1 Å². The summed E-state index contributed by atoms with van der Waals surface area (Å²) in [7, 11) is 1.42. The van der Waals surface area contributed by atoms with Gasteiger partial charge in [-0.3, -0.25) is 0 Å². The molecular formula is C12H14FNO3. The minimum absolute atomic E-state index is 0.134. The van der Waals surface area contributed by atoms with E-state index in [9.17, 15) is 9.18 Å². The second-order valence-corrected chi connectivity index (χ2v) is 3.45. The zero-order valence-corrected chi connectivity index (χ0v) is 9.99. The number of aliphatic imine (C=N–C) groups is 1. The van der Waals surface area contributed by atoms with Crippen molar-refractivity contribution in [1.82, 2.24) is 0 Å². The van der Waals surface area contributed by atoms with Crippen LogP contribution in [0, 0.1) is 0 Å². The van der Waals surface area contributed by atoms with Crippen molar-refractivity contribution in [3.63, 3.8) is 0 Å². The number of ether oxygens (including phenoxy) is 2. The second-order valence-electron chi connectivity index (χ2n) is 3.45. The molecule has 17 heavy (non-hydrogen) atoms. The van der Waals surface area contributed by atoms with E-state index >= 15 is 0 Å². The molecule has 4 nitrogen and oxygen atoms in total. The van der Waals surface area contributed by atoms with Crippen molar-refractivity contribution < 1.29 is 18.7 Å². The van der Waals surface area contributed by atoms with E-state index in [2.05, 4.69) is 4.99 Å². The van der Waals surface area contributed by atoms with Crippen LogP contribution in [0.3, 0.4) is 0 Å². The van der Waals surface area contributed by atoms with Crippen LogP contribution in [0.2, 0.25) is 0 Å². The van der Waals surface area contributed by atoms with Gasteiger partial charge in [0.2, 0.25) is 11.9 Å². The Kier molecular flexibility index (Phi) is 4.24. The molecule has 1 atom stereocenters. The van der Waals surface area contributed by atoms with Gasteiger partial charge < -0.3 is 9.47 Å². The molecular weight excluding hydrogens is 225 g/mol. The molecule has 0 aliphatic carbocycles. The molecule has 0 N–H and O–H groups in total. The summed E-state index contributed by atoms with van der Waals surface area (Å²) in [6.07, 6.45) is 1.21. The van der Waals surface area contributed by atoms with Crippen molar-refractivity contribution >= 4 is 6.08 Å². The van der Waals surface area contributed by atoms with E-state index in [0.29, 0.717) is 18.1 Å². The number of rotatable bonds is 5. The van der Waals surface area contributed by atoms with Crippen molar-refractivity contribution in [1.29, 1.82) is 0 Å². The minimum Gasteiger partial charge on any atom is -0.496 e. The fraction of sp³-hybridized carbons (Fsp3) is 0.417. The highest BCUT2D eigenvalue weighted by atomic mass is 19.1. The summed E-state index contributed by atoms with van der Waals surface area (Å²) in [6, 6.07) is 4.69. The first-order chi connectivity index (χ1) is 8.05. The SMILES string of the molecule is CCOc1ccc(OC)c(C(C)(F)N=C=O)c1. The zero-order chi connectivity index (χ0) is 12.9. The van der Waals surface area contributed by atoms with Crippen molar-refractivity contribution in [2.75, 3.05) is 13.7 Å². The number of hydrogen-bond acceptors (Lipinski definition) is 4. The molecule has 0 spiro atoms. The fourth-order valence-electron chi connectivity index (χ4n) is 1.45. The monoisotopic (exact) mass is 239 g/mol. The second kappa shape index (κ2) is 5.46. The van der Waals surface area contributed by atoms with Crippen molar-refractivity contribution in [2.24, 2.45) is 4.99 Å². The first kappa shape index (κ1) is 13.2. The maximum absolute atomic E-state index is 14.1. The van der Waals surface area contributed by atoms with E-state index in [-0.39, 0.29) is 5.56 Å². The number of hydrogen-bond donors (Lipinski definition) is 0. The molecule has 1 aromatic rings. The molecule has 92 valence electrons. The Bertz CT molecular complexity index is 439. The number of halogens is 1. The topological polar surface area (TPSA) is 47.9 Å². The third kappa shape index (κ3) is 3.04. The Hall–Kier alpha value is -1.87. The molecule has 5 heteroatoms. The third-order valence-electron chi connectivity index (χ3n) is 2.23. The molecule has 0 bridgehead atoms. The van der Waals surface area contributed by atoms with Crippen LogP contribution in [0.25, 0.3) is 0 Å². The summed E-state index contributed by atoms with van der Waals surface area (Å²) in [4.78, 5) is 13.3. The lowest BCUT2D eigenvalue weighted by Gasteiger charge is -2.18. The quantitative estimate of drug-likeness (QED) is 0.450. The third-order valence-corrected chi connectivity index (χ3v) is 2.23. The number of methoxy groups -OCH3 is 1. The van der Waals surface area contributed by atoms with Gasteiger partial charge in [-0.1, -0.05) is 0 Å². The first-order valence-electron chi connectivity index (χ1n) is 5.14. The number of carbonyl (C=O) groups excluding carboxylic acids is 1. The van der Waals surface area contributed by atoms with E-state index in [1.54, 1.807) is 12.1 Å². The number of isocyanates is 1. The molecule has 1 unspecified atom stereocenters. The average molecular weight is 239 g/mol. The van der Waals surface area contributed by atoms with Gasteiger partial charge in [-0.15, -0.1) is 0 Å². The average Bonchev–Trinajstić information content (AvgIpc) is 2.29. The maximum atomic E-state index is 14.1. The van der Waals surface area contributed by atoms with Gasteiger partial charge in [0.1, 0.15) is 11.5 Å². The molecule has 0 saturated carbocycles. The Morgan fingerprint density at radius 3 is 2.76 bits per heavy atom. The Morgan fingerprint density at radius 1 is 1.53 bits per heavy atom. The van der Waals surface area contributed by atoms with Crippen LogP contribution in [0.4, 0.5) is 4.39 Å². The van der Waals surface area contributed by atoms with Crippen molar-refractivity contribution in [3.8, 4) is 11.5 Å². The number of alkyl halides is 1. The van der Waals surface area contributed by atoms with Crippen LogP contribution in [-0.2, 0) is 10.6 Å². The summed E-state index contributed by atoms with van der Waals surface area (Å²) in [5.74, 6) is -1.38. The zero-order valence-electron chi connectivity index (χ0n) is 9.99. The van der Waals surface area contributed by atoms with E-state index in [0.717, 1.165) is 6.92 Å². The highest BCUT2D eigenvalue weighted by Crippen LogP contribution is 2.36. The van der Waals surface area contributed by atoms with Gasteiger partial charge in [0.15, 0.2) is 0 Å². The van der Waals surface area contributed by atoms with Gasteiger partial charge in [-0.25, -0.2) is 9.18 Å². The predicted molar refractivity (Wildman–Crippen MR) is 60.7 cm³/mol.